The second kappa shape index (κ2) is 5.77. The van der Waals surface area contributed by atoms with Crippen molar-refractivity contribution in [2.75, 3.05) is 19.5 Å². The largest absolute Gasteiger partial charge is 0.497 e. The quantitative estimate of drug-likeness (QED) is 0.804. The van der Waals surface area contributed by atoms with Crippen LogP contribution in [0.4, 0.5) is 5.69 Å². The lowest BCUT2D eigenvalue weighted by molar-refractivity contribution is 0.102. The van der Waals surface area contributed by atoms with Crippen LogP contribution in [0.15, 0.2) is 48.8 Å². The fourth-order valence-corrected chi connectivity index (χ4v) is 2.19. The molecule has 6 nitrogen and oxygen atoms in total. The molecule has 112 valence electrons. The zero-order valence-corrected chi connectivity index (χ0v) is 12.2. The van der Waals surface area contributed by atoms with E-state index in [1.165, 1.54) is 0 Å². The average Bonchev–Trinajstić information content (AvgIpc) is 2.98. The lowest BCUT2D eigenvalue weighted by atomic mass is 10.2. The highest BCUT2D eigenvalue weighted by Crippen LogP contribution is 2.26. The van der Waals surface area contributed by atoms with Gasteiger partial charge in [0.1, 0.15) is 11.5 Å². The van der Waals surface area contributed by atoms with Crippen LogP contribution in [0.3, 0.4) is 0 Å². The number of aromatic nitrogens is 2. The molecule has 0 aliphatic heterocycles. The Balaban J connectivity index is 1.91. The number of pyridine rings is 1. The molecule has 0 bridgehead atoms. The Kier molecular flexibility index (Phi) is 3.65. The van der Waals surface area contributed by atoms with E-state index in [4.69, 9.17) is 9.47 Å². The number of hydrogen-bond donors (Lipinski definition) is 1. The topological polar surface area (TPSA) is 64.9 Å². The van der Waals surface area contributed by atoms with E-state index >= 15 is 0 Å². The van der Waals surface area contributed by atoms with Gasteiger partial charge in [0, 0.05) is 30.1 Å². The summed E-state index contributed by atoms with van der Waals surface area (Å²) in [5, 5.41) is 6.99. The van der Waals surface area contributed by atoms with Crippen molar-refractivity contribution in [1.82, 2.24) is 9.61 Å². The first-order valence-corrected chi connectivity index (χ1v) is 6.68. The van der Waals surface area contributed by atoms with E-state index in [2.05, 4.69) is 10.4 Å². The molecule has 0 aliphatic rings. The maximum Gasteiger partial charge on any atom is 0.259 e. The molecule has 1 N–H and O–H groups in total. The second-order valence-corrected chi connectivity index (χ2v) is 4.64. The first-order valence-electron chi connectivity index (χ1n) is 6.68. The van der Waals surface area contributed by atoms with Crippen LogP contribution in [0.25, 0.3) is 5.52 Å². The number of nitrogens with one attached hydrogen (secondary N) is 1. The monoisotopic (exact) mass is 297 g/mol. The molecule has 0 fully saturated rings. The third kappa shape index (κ3) is 2.58. The van der Waals surface area contributed by atoms with Crippen molar-refractivity contribution in [3.8, 4) is 11.5 Å². The van der Waals surface area contributed by atoms with Gasteiger partial charge in [0.25, 0.3) is 5.91 Å². The lowest BCUT2D eigenvalue weighted by Crippen LogP contribution is -2.11. The molecular formula is C16H15N3O3. The van der Waals surface area contributed by atoms with Crippen molar-refractivity contribution in [2.45, 2.75) is 0 Å². The van der Waals surface area contributed by atoms with Gasteiger partial charge in [-0.2, -0.15) is 5.10 Å². The number of fused-ring (bicyclic) bond motifs is 1. The number of nitrogens with zero attached hydrogens (tertiary/aromatic N) is 2. The number of carbonyl (C=O) groups excluding carboxylic acids is 1. The minimum absolute atomic E-state index is 0.239. The van der Waals surface area contributed by atoms with Crippen LogP contribution < -0.4 is 14.8 Å². The van der Waals surface area contributed by atoms with Gasteiger partial charge >= 0.3 is 0 Å². The normalized spacial score (nSPS) is 10.5. The van der Waals surface area contributed by atoms with Gasteiger partial charge in [0.2, 0.25) is 0 Å². The van der Waals surface area contributed by atoms with Gasteiger partial charge in [-0.25, -0.2) is 4.52 Å². The van der Waals surface area contributed by atoms with Gasteiger partial charge in [-0.3, -0.25) is 4.79 Å². The van der Waals surface area contributed by atoms with Crippen molar-refractivity contribution in [3.05, 3.63) is 54.4 Å². The Morgan fingerprint density at radius 1 is 1.14 bits per heavy atom. The summed E-state index contributed by atoms with van der Waals surface area (Å²) in [6.07, 6.45) is 3.34. The van der Waals surface area contributed by atoms with Gasteiger partial charge in [-0.1, -0.05) is 6.07 Å². The number of amides is 1. The molecule has 3 rings (SSSR count). The highest BCUT2D eigenvalue weighted by Gasteiger charge is 2.13. The number of benzene rings is 1. The summed E-state index contributed by atoms with van der Waals surface area (Å²) < 4.78 is 12.0. The van der Waals surface area contributed by atoms with Gasteiger partial charge in [0.05, 0.1) is 31.5 Å². The number of hydrogen-bond acceptors (Lipinski definition) is 4. The SMILES string of the molecule is COc1cc(NC(=O)c2cnn3ccccc23)cc(OC)c1. The molecule has 0 atom stereocenters. The third-order valence-electron chi connectivity index (χ3n) is 3.28. The van der Waals surface area contributed by atoms with Gasteiger partial charge in [-0.05, 0) is 12.1 Å². The van der Waals surface area contributed by atoms with Gasteiger partial charge < -0.3 is 14.8 Å². The fourth-order valence-electron chi connectivity index (χ4n) is 2.19. The molecule has 0 unspecified atom stereocenters. The summed E-state index contributed by atoms with van der Waals surface area (Å²) in [6, 6.07) is 10.8. The molecular weight excluding hydrogens is 282 g/mol. The Labute approximate surface area is 127 Å². The van der Waals surface area contributed by atoms with E-state index in [1.807, 2.05) is 18.2 Å². The molecule has 0 saturated carbocycles. The van der Waals surface area contributed by atoms with Crippen LogP contribution in [0.1, 0.15) is 10.4 Å². The van der Waals surface area contributed by atoms with Gasteiger partial charge in [-0.15, -0.1) is 0 Å². The number of rotatable bonds is 4. The molecule has 0 spiro atoms. The van der Waals surface area contributed by atoms with Crippen molar-refractivity contribution in [3.63, 3.8) is 0 Å². The summed E-state index contributed by atoms with van der Waals surface area (Å²) in [6.45, 7) is 0. The van der Waals surface area contributed by atoms with Crippen LogP contribution in [0.5, 0.6) is 11.5 Å². The summed E-state index contributed by atoms with van der Waals surface area (Å²) in [4.78, 5) is 12.4. The Morgan fingerprint density at radius 3 is 2.55 bits per heavy atom. The van der Waals surface area contributed by atoms with Crippen LogP contribution in [0, 0.1) is 0 Å². The minimum atomic E-state index is -0.239. The van der Waals surface area contributed by atoms with E-state index in [1.54, 1.807) is 49.3 Å². The number of anilines is 1. The number of carbonyl (C=O) groups is 1. The van der Waals surface area contributed by atoms with Crippen molar-refractivity contribution in [1.29, 1.82) is 0 Å². The molecule has 0 radical (unpaired) electrons. The van der Waals surface area contributed by atoms with Crippen LogP contribution in [-0.2, 0) is 0 Å². The standard InChI is InChI=1S/C16H15N3O3/c1-21-12-7-11(8-13(9-12)22-2)18-16(20)14-10-17-19-6-4-3-5-15(14)19/h3-10H,1-2H3,(H,18,20). The van der Waals surface area contributed by atoms with Crippen LogP contribution >= 0.6 is 0 Å². The number of methoxy groups -OCH3 is 2. The molecule has 0 aliphatic carbocycles. The van der Waals surface area contributed by atoms with E-state index in [0.717, 1.165) is 5.52 Å². The molecule has 1 aromatic carbocycles. The predicted molar refractivity (Wildman–Crippen MR) is 82.7 cm³/mol. The lowest BCUT2D eigenvalue weighted by Gasteiger charge is -2.09. The highest BCUT2D eigenvalue weighted by molar-refractivity contribution is 6.08. The zero-order chi connectivity index (χ0) is 15.5. The fraction of sp³-hybridized carbons (Fsp3) is 0.125. The summed E-state index contributed by atoms with van der Waals surface area (Å²) >= 11 is 0. The average molecular weight is 297 g/mol. The van der Waals surface area contributed by atoms with Crippen LogP contribution in [-0.4, -0.2) is 29.7 Å². The molecule has 2 aromatic heterocycles. The van der Waals surface area contributed by atoms with E-state index in [0.29, 0.717) is 22.7 Å². The second-order valence-electron chi connectivity index (χ2n) is 4.64. The van der Waals surface area contributed by atoms with Crippen molar-refractivity contribution in [2.24, 2.45) is 0 Å². The summed E-state index contributed by atoms with van der Waals surface area (Å²) in [5.41, 5.74) is 1.84. The molecule has 0 saturated heterocycles. The Bertz CT molecular complexity index is 804. The highest BCUT2D eigenvalue weighted by atomic mass is 16.5. The third-order valence-corrected chi connectivity index (χ3v) is 3.28. The molecule has 1 amide bonds. The first-order chi connectivity index (χ1) is 10.7. The summed E-state index contributed by atoms with van der Waals surface area (Å²) in [7, 11) is 3.12. The smallest absolute Gasteiger partial charge is 0.259 e. The van der Waals surface area contributed by atoms with E-state index in [-0.39, 0.29) is 5.91 Å². The number of ether oxygens (including phenoxy) is 2. The maximum absolute atomic E-state index is 12.4. The van der Waals surface area contributed by atoms with Gasteiger partial charge in [0.15, 0.2) is 0 Å². The first kappa shape index (κ1) is 13.9. The minimum Gasteiger partial charge on any atom is -0.497 e. The Morgan fingerprint density at radius 2 is 1.86 bits per heavy atom. The van der Waals surface area contributed by atoms with Crippen LogP contribution in [0.2, 0.25) is 0 Å². The zero-order valence-electron chi connectivity index (χ0n) is 12.2. The van der Waals surface area contributed by atoms with Crippen molar-refractivity contribution < 1.29 is 14.3 Å². The molecule has 22 heavy (non-hydrogen) atoms. The molecule has 2 heterocycles. The van der Waals surface area contributed by atoms with E-state index < -0.39 is 0 Å². The maximum atomic E-state index is 12.4. The molecule has 3 aromatic rings. The Hall–Kier alpha value is -3.02. The van der Waals surface area contributed by atoms with E-state index in [9.17, 15) is 4.79 Å². The summed E-state index contributed by atoms with van der Waals surface area (Å²) in [5.74, 6) is 0.973. The predicted octanol–water partition coefficient (Wildman–Crippen LogP) is 2.60. The molecule has 6 heteroatoms. The van der Waals surface area contributed by atoms with Crippen molar-refractivity contribution >= 4 is 17.1 Å².